The molecule has 1 aliphatic rings. The monoisotopic (exact) mass is 436 g/mol. The van der Waals surface area contributed by atoms with Gasteiger partial charge in [-0.25, -0.2) is 18.3 Å². The number of amides is 1. The van der Waals surface area contributed by atoms with Crippen molar-refractivity contribution in [3.63, 3.8) is 0 Å². The van der Waals surface area contributed by atoms with Crippen molar-refractivity contribution >= 4 is 15.9 Å². The van der Waals surface area contributed by atoms with Crippen molar-refractivity contribution in [2.45, 2.75) is 43.0 Å². The van der Waals surface area contributed by atoms with E-state index in [0.29, 0.717) is 11.5 Å². The van der Waals surface area contributed by atoms with Crippen LogP contribution in [0.3, 0.4) is 0 Å². The molecule has 0 aliphatic heterocycles. The van der Waals surface area contributed by atoms with Crippen LogP contribution in [0.1, 0.15) is 32.1 Å². The van der Waals surface area contributed by atoms with Crippen molar-refractivity contribution in [3.05, 3.63) is 54.3 Å². The Morgan fingerprint density at radius 3 is 2.13 bits per heavy atom. The van der Waals surface area contributed by atoms with Gasteiger partial charge in [-0.2, -0.15) is 4.31 Å². The average Bonchev–Trinajstić information content (AvgIpc) is 2.76. The maximum atomic E-state index is 13.1. The van der Waals surface area contributed by atoms with Crippen LogP contribution in [0.25, 0.3) is 0 Å². The largest absolute Gasteiger partial charge is 0.457 e. The number of carbonyl (C=O) groups is 1. The quantitative estimate of drug-likeness (QED) is 0.510. The first-order valence-corrected chi connectivity index (χ1v) is 11.2. The number of ether oxygens (including phenoxy) is 1. The minimum absolute atomic E-state index is 0.00278. The zero-order valence-electron chi connectivity index (χ0n) is 16.6. The van der Waals surface area contributed by atoms with Gasteiger partial charge in [0, 0.05) is 7.05 Å². The summed E-state index contributed by atoms with van der Waals surface area (Å²) in [7, 11) is -2.63. The molecule has 0 radical (unpaired) electrons. The molecule has 2 aromatic rings. The number of hydroxylamine groups is 1. The van der Waals surface area contributed by atoms with Gasteiger partial charge in [-0.3, -0.25) is 10.0 Å². The smallest absolute Gasteiger partial charge is 0.262 e. The maximum absolute atomic E-state index is 13.1. The van der Waals surface area contributed by atoms with Gasteiger partial charge in [-0.1, -0.05) is 19.3 Å². The van der Waals surface area contributed by atoms with Gasteiger partial charge < -0.3 is 4.74 Å². The first-order valence-electron chi connectivity index (χ1n) is 9.78. The number of nitrogens with zero attached hydrogens (tertiary/aromatic N) is 1. The summed E-state index contributed by atoms with van der Waals surface area (Å²) in [6, 6.07) is 10.2. The first kappa shape index (κ1) is 22.2. The van der Waals surface area contributed by atoms with Crippen molar-refractivity contribution in [2.24, 2.45) is 5.92 Å². The Bertz CT molecular complexity index is 958. The minimum Gasteiger partial charge on any atom is -0.457 e. The van der Waals surface area contributed by atoms with E-state index in [1.165, 1.54) is 55.6 Å². The highest BCUT2D eigenvalue weighted by Crippen LogP contribution is 2.32. The molecular formula is C21H25FN2O5S. The van der Waals surface area contributed by atoms with Crippen molar-refractivity contribution in [3.8, 4) is 11.5 Å². The van der Waals surface area contributed by atoms with Crippen molar-refractivity contribution in [1.82, 2.24) is 9.79 Å². The normalized spacial score (nSPS) is 16.3. The summed E-state index contributed by atoms with van der Waals surface area (Å²) in [6.07, 6.45) is 4.34. The zero-order chi connectivity index (χ0) is 21.7. The summed E-state index contributed by atoms with van der Waals surface area (Å²) in [5.74, 6) is -0.469. The number of benzene rings is 2. The fourth-order valence-corrected chi connectivity index (χ4v) is 5.21. The van der Waals surface area contributed by atoms with Crippen molar-refractivity contribution < 1.29 is 27.5 Å². The standard InChI is InChI=1S/C21H25FN2O5S/c1-24(20(21(25)23-26)15-5-3-2-4-6-15)30(27,28)19-13-11-18(12-14-19)29-17-9-7-16(22)8-10-17/h7-15,20,26H,2-6H2,1H3,(H,23,25). The lowest BCUT2D eigenvalue weighted by Gasteiger charge is -2.34. The molecule has 1 amide bonds. The van der Waals surface area contributed by atoms with Crippen molar-refractivity contribution in [2.75, 3.05) is 7.05 Å². The third-order valence-corrected chi connectivity index (χ3v) is 7.27. The van der Waals surface area contributed by atoms with Gasteiger partial charge in [0.15, 0.2) is 0 Å². The minimum atomic E-state index is -3.98. The van der Waals surface area contributed by atoms with Gasteiger partial charge in [0.2, 0.25) is 10.0 Å². The molecule has 9 heteroatoms. The lowest BCUT2D eigenvalue weighted by atomic mass is 9.83. The highest BCUT2D eigenvalue weighted by Gasteiger charge is 2.38. The molecule has 0 spiro atoms. The van der Waals surface area contributed by atoms with Gasteiger partial charge in [0.25, 0.3) is 5.91 Å². The van der Waals surface area contributed by atoms with Crippen LogP contribution in [-0.4, -0.2) is 36.9 Å². The molecule has 1 fully saturated rings. The second kappa shape index (κ2) is 9.55. The van der Waals surface area contributed by atoms with Crippen LogP contribution in [0, 0.1) is 11.7 Å². The number of sulfonamides is 1. The van der Waals surface area contributed by atoms with Crippen LogP contribution < -0.4 is 10.2 Å². The molecule has 0 saturated heterocycles. The van der Waals surface area contributed by atoms with Crippen LogP contribution >= 0.6 is 0 Å². The van der Waals surface area contributed by atoms with Crippen LogP contribution in [0.15, 0.2) is 53.4 Å². The Hall–Kier alpha value is -2.49. The molecule has 1 saturated carbocycles. The zero-order valence-corrected chi connectivity index (χ0v) is 17.4. The first-order chi connectivity index (χ1) is 14.3. The Labute approximate surface area is 175 Å². The highest BCUT2D eigenvalue weighted by molar-refractivity contribution is 7.89. The lowest BCUT2D eigenvalue weighted by Crippen LogP contribution is -2.51. The molecule has 0 aromatic heterocycles. The van der Waals surface area contributed by atoms with Crippen LogP contribution in [0.5, 0.6) is 11.5 Å². The maximum Gasteiger partial charge on any atom is 0.262 e. The summed E-state index contributed by atoms with van der Waals surface area (Å²) in [4.78, 5) is 12.3. The van der Waals surface area contributed by atoms with Crippen LogP contribution in [0.4, 0.5) is 4.39 Å². The third-order valence-electron chi connectivity index (χ3n) is 5.42. The fourth-order valence-electron chi connectivity index (χ4n) is 3.83. The van der Waals surface area contributed by atoms with Crippen LogP contribution in [0.2, 0.25) is 0 Å². The van der Waals surface area contributed by atoms with E-state index in [4.69, 9.17) is 9.94 Å². The number of rotatable bonds is 7. The Morgan fingerprint density at radius 2 is 1.60 bits per heavy atom. The van der Waals surface area contributed by atoms with Gasteiger partial charge in [0.1, 0.15) is 23.4 Å². The average molecular weight is 437 g/mol. The number of hydrogen-bond acceptors (Lipinski definition) is 5. The lowest BCUT2D eigenvalue weighted by molar-refractivity contribution is -0.135. The predicted octanol–water partition coefficient (Wildman–Crippen LogP) is 3.69. The molecule has 1 unspecified atom stereocenters. The summed E-state index contributed by atoms with van der Waals surface area (Å²) in [5, 5.41) is 9.15. The number of nitrogens with one attached hydrogen (secondary N) is 1. The van der Waals surface area contributed by atoms with E-state index in [2.05, 4.69) is 0 Å². The molecule has 2 N–H and O–H groups in total. The molecule has 162 valence electrons. The van der Waals surface area contributed by atoms with Gasteiger partial charge in [-0.15, -0.1) is 0 Å². The number of likely N-dealkylation sites (N-methyl/N-ethyl adjacent to an activating group) is 1. The molecule has 1 aliphatic carbocycles. The number of hydrogen-bond donors (Lipinski definition) is 2. The number of halogens is 1. The van der Waals surface area contributed by atoms with Crippen LogP contribution in [-0.2, 0) is 14.8 Å². The van der Waals surface area contributed by atoms with E-state index in [1.807, 2.05) is 0 Å². The molecule has 7 nitrogen and oxygen atoms in total. The molecule has 0 heterocycles. The summed E-state index contributed by atoms with van der Waals surface area (Å²) in [5.41, 5.74) is 1.62. The molecular weight excluding hydrogens is 411 g/mol. The molecule has 30 heavy (non-hydrogen) atoms. The Morgan fingerprint density at radius 1 is 1.07 bits per heavy atom. The summed E-state index contributed by atoms with van der Waals surface area (Å²) in [6.45, 7) is 0. The van der Waals surface area contributed by atoms with E-state index in [-0.39, 0.29) is 16.6 Å². The molecule has 2 aromatic carbocycles. The second-order valence-electron chi connectivity index (χ2n) is 7.37. The van der Waals surface area contributed by atoms with E-state index >= 15 is 0 Å². The predicted molar refractivity (Wildman–Crippen MR) is 108 cm³/mol. The van der Waals surface area contributed by atoms with Gasteiger partial charge in [-0.05, 0) is 67.3 Å². The second-order valence-corrected chi connectivity index (χ2v) is 9.37. The highest BCUT2D eigenvalue weighted by atomic mass is 32.2. The summed E-state index contributed by atoms with van der Waals surface area (Å²) < 4.78 is 45.9. The molecule has 3 rings (SSSR count). The van der Waals surface area contributed by atoms with E-state index in [9.17, 15) is 17.6 Å². The SMILES string of the molecule is CN(C(C(=O)NO)C1CCCCC1)S(=O)(=O)c1ccc(Oc2ccc(F)cc2)cc1. The van der Waals surface area contributed by atoms with E-state index < -0.39 is 22.0 Å². The molecule has 1 atom stereocenters. The Kier molecular flexibility index (Phi) is 7.06. The molecule has 0 bridgehead atoms. The third kappa shape index (κ3) is 4.97. The van der Waals surface area contributed by atoms with Gasteiger partial charge in [0.05, 0.1) is 4.90 Å². The fraction of sp³-hybridized carbons (Fsp3) is 0.381. The van der Waals surface area contributed by atoms with E-state index in [1.54, 1.807) is 5.48 Å². The topological polar surface area (TPSA) is 95.9 Å². The van der Waals surface area contributed by atoms with Gasteiger partial charge >= 0.3 is 0 Å². The summed E-state index contributed by atoms with van der Waals surface area (Å²) >= 11 is 0. The van der Waals surface area contributed by atoms with Crippen molar-refractivity contribution in [1.29, 1.82) is 0 Å². The number of carbonyl (C=O) groups excluding carboxylic acids is 1. The Balaban J connectivity index is 1.80. The van der Waals surface area contributed by atoms with E-state index in [0.717, 1.165) is 36.4 Å².